The van der Waals surface area contributed by atoms with Crippen molar-refractivity contribution < 1.29 is 14.4 Å². The van der Waals surface area contributed by atoms with Crippen molar-refractivity contribution in [3.05, 3.63) is 54.4 Å². The van der Waals surface area contributed by atoms with Gasteiger partial charge in [-0.05, 0) is 43.0 Å². The van der Waals surface area contributed by atoms with E-state index in [1.165, 1.54) is 16.7 Å². The molecule has 1 atom stereocenters. The van der Waals surface area contributed by atoms with Gasteiger partial charge in [0, 0.05) is 36.9 Å². The van der Waals surface area contributed by atoms with Crippen molar-refractivity contribution in [2.24, 2.45) is 0 Å². The van der Waals surface area contributed by atoms with E-state index in [0.29, 0.717) is 25.3 Å². The van der Waals surface area contributed by atoms with Gasteiger partial charge in [-0.1, -0.05) is 18.2 Å². The summed E-state index contributed by atoms with van der Waals surface area (Å²) < 4.78 is 0. The summed E-state index contributed by atoms with van der Waals surface area (Å²) in [6.45, 7) is 1.59. The Morgan fingerprint density at radius 2 is 1.90 bits per heavy atom. The van der Waals surface area contributed by atoms with Gasteiger partial charge in [0.25, 0.3) is 5.91 Å². The molecule has 1 aromatic heterocycles. The quantitative estimate of drug-likeness (QED) is 0.745. The predicted octanol–water partition coefficient (Wildman–Crippen LogP) is 2.22. The molecule has 4 rings (SSSR count). The van der Waals surface area contributed by atoms with Gasteiger partial charge in [-0.3, -0.25) is 19.4 Å². The molecule has 1 saturated heterocycles. The first kappa shape index (κ1) is 20.4. The van der Waals surface area contributed by atoms with Gasteiger partial charge in [0.15, 0.2) is 5.25 Å². The fourth-order valence-corrected chi connectivity index (χ4v) is 4.91. The minimum atomic E-state index is -0.843. The molecule has 0 saturated carbocycles. The van der Waals surface area contributed by atoms with Crippen molar-refractivity contribution in [1.29, 1.82) is 0 Å². The van der Waals surface area contributed by atoms with E-state index in [-0.39, 0.29) is 24.3 Å². The molecular weight excluding hydrogens is 400 g/mol. The van der Waals surface area contributed by atoms with Crippen molar-refractivity contribution in [3.8, 4) is 0 Å². The predicted molar refractivity (Wildman–Crippen MR) is 115 cm³/mol. The van der Waals surface area contributed by atoms with Crippen LogP contribution in [0.4, 0.5) is 5.69 Å². The van der Waals surface area contributed by atoms with Crippen molar-refractivity contribution in [2.45, 2.75) is 36.0 Å². The van der Waals surface area contributed by atoms with Crippen LogP contribution in [-0.2, 0) is 20.9 Å². The number of rotatable bonds is 5. The fourth-order valence-electron chi connectivity index (χ4n) is 3.72. The number of piperidine rings is 1. The summed E-state index contributed by atoms with van der Waals surface area (Å²) in [6.07, 6.45) is 6.40. The molecule has 0 radical (unpaired) electrons. The molecule has 0 bridgehead atoms. The van der Waals surface area contributed by atoms with Gasteiger partial charge in [0.05, 0.1) is 5.69 Å². The lowest BCUT2D eigenvalue weighted by atomic mass is 10.1. The number of nitrogens with one attached hydrogen (secondary N) is 1. The molecule has 2 aliphatic rings. The third-order valence-corrected chi connectivity index (χ3v) is 6.54. The summed E-state index contributed by atoms with van der Waals surface area (Å²) in [4.78, 5) is 47.0. The van der Waals surface area contributed by atoms with Crippen LogP contribution in [0.1, 0.15) is 24.8 Å². The van der Waals surface area contributed by atoms with E-state index < -0.39 is 5.25 Å². The third-order valence-electron chi connectivity index (χ3n) is 5.30. The Bertz CT molecular complexity index is 931. The molecule has 0 spiro atoms. The third kappa shape index (κ3) is 4.48. The molecule has 7 nitrogen and oxygen atoms in total. The Kier molecular flexibility index (Phi) is 6.32. The molecule has 1 N–H and O–H groups in total. The van der Waals surface area contributed by atoms with E-state index in [2.05, 4.69) is 10.3 Å². The van der Waals surface area contributed by atoms with Gasteiger partial charge in [0.2, 0.25) is 11.8 Å². The van der Waals surface area contributed by atoms with Crippen LogP contribution in [-0.4, -0.2) is 52.5 Å². The zero-order chi connectivity index (χ0) is 20.9. The maximum absolute atomic E-state index is 13.2. The number of nitrogens with zero attached hydrogens (tertiary/aromatic N) is 3. The lowest BCUT2D eigenvalue weighted by Crippen LogP contribution is -2.52. The molecule has 0 unspecified atom stereocenters. The van der Waals surface area contributed by atoms with Crippen LogP contribution in [0.5, 0.6) is 0 Å². The van der Waals surface area contributed by atoms with Crippen molar-refractivity contribution in [1.82, 2.24) is 15.2 Å². The van der Waals surface area contributed by atoms with Gasteiger partial charge in [-0.25, -0.2) is 0 Å². The Labute approximate surface area is 179 Å². The first-order chi connectivity index (χ1) is 14.6. The van der Waals surface area contributed by atoms with Crippen LogP contribution in [0.25, 0.3) is 0 Å². The minimum absolute atomic E-state index is 0.125. The van der Waals surface area contributed by atoms with Crippen LogP contribution < -0.4 is 10.2 Å². The SMILES string of the molecule is O=C(CN1C(=O)[C@H](C(=O)N2CCCCC2)Sc2ccccc21)NCc1cccnc1. The molecule has 1 fully saturated rings. The highest BCUT2D eigenvalue weighted by molar-refractivity contribution is 8.01. The molecule has 30 heavy (non-hydrogen) atoms. The largest absolute Gasteiger partial charge is 0.350 e. The summed E-state index contributed by atoms with van der Waals surface area (Å²) in [5, 5.41) is 1.99. The minimum Gasteiger partial charge on any atom is -0.350 e. The number of anilines is 1. The van der Waals surface area contributed by atoms with Gasteiger partial charge in [-0.15, -0.1) is 11.8 Å². The van der Waals surface area contributed by atoms with Crippen molar-refractivity contribution in [2.75, 3.05) is 24.5 Å². The van der Waals surface area contributed by atoms with Crippen LogP contribution in [0.3, 0.4) is 0 Å². The molecule has 2 aromatic rings. The fraction of sp³-hybridized carbons (Fsp3) is 0.364. The second kappa shape index (κ2) is 9.30. The molecule has 2 aliphatic heterocycles. The standard InChI is InChI=1S/C22H24N4O3S/c27-19(24-14-16-7-6-10-23-13-16)15-26-17-8-2-3-9-18(17)30-20(22(26)29)21(28)25-11-4-1-5-12-25/h2-3,6-10,13,20H,1,4-5,11-12,14-15H2,(H,24,27)/t20-/m0/s1. The lowest BCUT2D eigenvalue weighted by Gasteiger charge is -2.36. The molecule has 1 aromatic carbocycles. The molecule has 156 valence electrons. The smallest absolute Gasteiger partial charge is 0.250 e. The van der Waals surface area contributed by atoms with E-state index in [9.17, 15) is 14.4 Å². The highest BCUT2D eigenvalue weighted by Crippen LogP contribution is 2.39. The summed E-state index contributed by atoms with van der Waals surface area (Å²) in [5.41, 5.74) is 1.55. The van der Waals surface area contributed by atoms with E-state index >= 15 is 0 Å². The number of carbonyl (C=O) groups is 3. The molecule has 0 aliphatic carbocycles. The number of fused-ring (bicyclic) bond motifs is 1. The van der Waals surface area contributed by atoms with Gasteiger partial charge < -0.3 is 15.1 Å². The highest BCUT2D eigenvalue weighted by Gasteiger charge is 2.40. The first-order valence-electron chi connectivity index (χ1n) is 10.1. The summed E-state index contributed by atoms with van der Waals surface area (Å²) >= 11 is 1.29. The van der Waals surface area contributed by atoms with E-state index in [1.807, 2.05) is 30.3 Å². The molecular formula is C22H24N4O3S. The second-order valence-corrected chi connectivity index (χ2v) is 8.56. The number of amides is 3. The number of benzene rings is 1. The van der Waals surface area contributed by atoms with Crippen LogP contribution in [0, 0.1) is 0 Å². The summed E-state index contributed by atoms with van der Waals surface area (Å²) in [5.74, 6) is -0.760. The Balaban J connectivity index is 1.49. The van der Waals surface area contributed by atoms with E-state index in [4.69, 9.17) is 0 Å². The average Bonchev–Trinajstić information content (AvgIpc) is 2.80. The number of carbonyl (C=O) groups excluding carboxylic acids is 3. The topological polar surface area (TPSA) is 82.6 Å². The number of aromatic nitrogens is 1. The Morgan fingerprint density at radius 3 is 2.67 bits per heavy atom. The van der Waals surface area contributed by atoms with E-state index in [0.717, 1.165) is 29.7 Å². The first-order valence-corrected chi connectivity index (χ1v) is 11.0. The second-order valence-electron chi connectivity index (χ2n) is 7.41. The average molecular weight is 425 g/mol. The number of para-hydroxylation sites is 1. The lowest BCUT2D eigenvalue weighted by molar-refractivity contribution is -0.135. The molecule has 8 heteroatoms. The normalized spacial score (nSPS) is 18.7. The van der Waals surface area contributed by atoms with Crippen molar-refractivity contribution in [3.63, 3.8) is 0 Å². The zero-order valence-corrected chi connectivity index (χ0v) is 17.4. The van der Waals surface area contributed by atoms with Crippen LogP contribution >= 0.6 is 11.8 Å². The zero-order valence-electron chi connectivity index (χ0n) is 16.6. The van der Waals surface area contributed by atoms with Crippen LogP contribution in [0.2, 0.25) is 0 Å². The maximum atomic E-state index is 13.2. The summed E-state index contributed by atoms with van der Waals surface area (Å²) in [6, 6.07) is 11.1. The van der Waals surface area contributed by atoms with Crippen LogP contribution in [0.15, 0.2) is 53.7 Å². The number of likely N-dealkylation sites (tertiary alicyclic amines) is 1. The number of hydrogen-bond donors (Lipinski definition) is 1. The van der Waals surface area contributed by atoms with Gasteiger partial charge in [-0.2, -0.15) is 0 Å². The van der Waals surface area contributed by atoms with E-state index in [1.54, 1.807) is 23.4 Å². The monoisotopic (exact) mass is 424 g/mol. The number of thioether (sulfide) groups is 1. The van der Waals surface area contributed by atoms with Gasteiger partial charge in [0.1, 0.15) is 6.54 Å². The van der Waals surface area contributed by atoms with Crippen molar-refractivity contribution >= 4 is 35.2 Å². The summed E-state index contributed by atoms with van der Waals surface area (Å²) in [7, 11) is 0. The number of hydrogen-bond acceptors (Lipinski definition) is 5. The Hall–Kier alpha value is -2.87. The molecule has 3 amide bonds. The maximum Gasteiger partial charge on any atom is 0.250 e. The number of pyridine rings is 1. The molecule has 3 heterocycles. The van der Waals surface area contributed by atoms with Gasteiger partial charge >= 0.3 is 0 Å². The highest BCUT2D eigenvalue weighted by atomic mass is 32.2. The Morgan fingerprint density at radius 1 is 1.10 bits per heavy atom.